The zero-order chi connectivity index (χ0) is 14.7. The molecule has 0 radical (unpaired) electrons. The van der Waals surface area contributed by atoms with Gasteiger partial charge < -0.3 is 15.2 Å². The predicted molar refractivity (Wildman–Crippen MR) is 84.1 cm³/mol. The number of nitrogens with zero attached hydrogens (tertiary/aromatic N) is 1. The molecule has 1 aromatic carbocycles. The van der Waals surface area contributed by atoms with Gasteiger partial charge in [0.2, 0.25) is 0 Å². The molecule has 1 fully saturated rings. The second kappa shape index (κ2) is 7.20. The fourth-order valence-corrected chi connectivity index (χ4v) is 3.52. The van der Waals surface area contributed by atoms with Gasteiger partial charge in [-0.2, -0.15) is 0 Å². The Morgan fingerprint density at radius 2 is 1.95 bits per heavy atom. The van der Waals surface area contributed by atoms with Gasteiger partial charge >= 0.3 is 0 Å². The van der Waals surface area contributed by atoms with Crippen LogP contribution in [0.3, 0.4) is 0 Å². The molecule has 1 saturated heterocycles. The minimum absolute atomic E-state index is 0.0725. The first-order chi connectivity index (χ1) is 9.60. The molecule has 4 nitrogen and oxygen atoms in total. The summed E-state index contributed by atoms with van der Waals surface area (Å²) in [6, 6.07) is 5.98. The van der Waals surface area contributed by atoms with Crippen LogP contribution in [0.15, 0.2) is 22.7 Å². The first-order valence-electron chi connectivity index (χ1n) is 6.55. The third kappa shape index (κ3) is 3.35. The van der Waals surface area contributed by atoms with Gasteiger partial charge in [0.1, 0.15) is 0 Å². The monoisotopic (exact) mass is 362 g/mol. The lowest BCUT2D eigenvalue weighted by Crippen LogP contribution is -2.33. The molecule has 0 bridgehead atoms. The molecule has 2 N–H and O–H groups in total. The summed E-state index contributed by atoms with van der Waals surface area (Å²) in [6.07, 6.45) is 0.145. The minimum Gasteiger partial charge on any atom is -0.377 e. The molecule has 1 aromatic rings. The van der Waals surface area contributed by atoms with Crippen LogP contribution in [-0.4, -0.2) is 51.0 Å². The van der Waals surface area contributed by atoms with Crippen molar-refractivity contribution >= 4 is 27.5 Å². The summed E-state index contributed by atoms with van der Waals surface area (Å²) in [6.45, 7) is 2.10. The van der Waals surface area contributed by atoms with E-state index in [0.717, 1.165) is 28.1 Å². The Hall–Kier alpha value is -0.170. The Bertz CT molecular complexity index is 449. The Morgan fingerprint density at radius 1 is 1.35 bits per heavy atom. The number of ether oxygens (including phenoxy) is 2. The van der Waals surface area contributed by atoms with Crippen molar-refractivity contribution in [3.05, 3.63) is 33.3 Å². The number of rotatable bonds is 5. The van der Waals surface area contributed by atoms with Gasteiger partial charge in [-0.15, -0.1) is 0 Å². The number of likely N-dealkylation sites (tertiary alicyclic amines) is 1. The molecule has 1 heterocycles. The van der Waals surface area contributed by atoms with Crippen LogP contribution in [0.1, 0.15) is 11.6 Å². The summed E-state index contributed by atoms with van der Waals surface area (Å²) in [5, 5.41) is 0.727. The lowest BCUT2D eigenvalue weighted by molar-refractivity contribution is -0.00461. The van der Waals surface area contributed by atoms with Crippen LogP contribution in [0.25, 0.3) is 0 Å². The van der Waals surface area contributed by atoms with Crippen molar-refractivity contribution < 1.29 is 9.47 Å². The highest BCUT2D eigenvalue weighted by atomic mass is 79.9. The smallest absolute Gasteiger partial charge is 0.0972 e. The molecule has 3 atom stereocenters. The lowest BCUT2D eigenvalue weighted by Gasteiger charge is -2.27. The molecule has 0 aliphatic carbocycles. The van der Waals surface area contributed by atoms with Crippen LogP contribution in [0.2, 0.25) is 5.02 Å². The fraction of sp³-hybridized carbons (Fsp3) is 0.571. The van der Waals surface area contributed by atoms with Crippen LogP contribution < -0.4 is 5.73 Å². The van der Waals surface area contributed by atoms with E-state index in [-0.39, 0.29) is 18.2 Å². The second-order valence-electron chi connectivity index (χ2n) is 4.92. The third-order valence-electron chi connectivity index (χ3n) is 3.83. The zero-order valence-electron chi connectivity index (χ0n) is 11.7. The maximum absolute atomic E-state index is 6.35. The summed E-state index contributed by atoms with van der Waals surface area (Å²) < 4.78 is 11.9. The average molecular weight is 364 g/mol. The standard InChI is InChI=1S/C14H20BrClN2O2/c1-19-13-7-18(8-14(13)20-2)12(6-17)10-4-3-9(15)5-11(10)16/h3-5,12-14H,6-8,17H2,1-2H3. The summed E-state index contributed by atoms with van der Waals surface area (Å²) in [5.74, 6) is 0. The Morgan fingerprint density at radius 3 is 2.40 bits per heavy atom. The number of hydrogen-bond acceptors (Lipinski definition) is 4. The van der Waals surface area contributed by atoms with Crippen molar-refractivity contribution in [2.24, 2.45) is 5.73 Å². The van der Waals surface area contributed by atoms with Crippen LogP contribution in [0, 0.1) is 0 Å². The Labute approximate surface area is 133 Å². The van der Waals surface area contributed by atoms with Crippen LogP contribution in [0.5, 0.6) is 0 Å². The van der Waals surface area contributed by atoms with Crippen LogP contribution >= 0.6 is 27.5 Å². The molecule has 1 aliphatic rings. The van der Waals surface area contributed by atoms with Gasteiger partial charge in [0, 0.05) is 49.4 Å². The van der Waals surface area contributed by atoms with E-state index >= 15 is 0 Å². The van der Waals surface area contributed by atoms with Crippen LogP contribution in [-0.2, 0) is 9.47 Å². The average Bonchev–Trinajstić information content (AvgIpc) is 2.85. The quantitative estimate of drug-likeness (QED) is 0.873. The van der Waals surface area contributed by atoms with Crippen molar-refractivity contribution in [3.8, 4) is 0 Å². The SMILES string of the molecule is COC1CN(C(CN)c2ccc(Br)cc2Cl)CC1OC. The maximum atomic E-state index is 6.35. The number of nitrogens with two attached hydrogens (primary N) is 1. The molecule has 112 valence electrons. The molecule has 0 saturated carbocycles. The van der Waals surface area contributed by atoms with Gasteiger partial charge in [-0.25, -0.2) is 0 Å². The Balaban J connectivity index is 2.20. The van der Waals surface area contributed by atoms with E-state index in [1.54, 1.807) is 14.2 Å². The van der Waals surface area contributed by atoms with E-state index < -0.39 is 0 Å². The second-order valence-corrected chi connectivity index (χ2v) is 6.24. The molecule has 0 amide bonds. The van der Waals surface area contributed by atoms with Gasteiger partial charge in [-0.05, 0) is 17.7 Å². The summed E-state index contributed by atoms with van der Waals surface area (Å²) in [4.78, 5) is 2.28. The maximum Gasteiger partial charge on any atom is 0.0972 e. The predicted octanol–water partition coefficient (Wildman–Crippen LogP) is 2.45. The molecule has 0 spiro atoms. The highest BCUT2D eigenvalue weighted by Crippen LogP contribution is 2.32. The summed E-state index contributed by atoms with van der Waals surface area (Å²) in [7, 11) is 3.43. The van der Waals surface area contributed by atoms with Crippen molar-refractivity contribution in [1.29, 1.82) is 0 Å². The van der Waals surface area contributed by atoms with Gasteiger partial charge in [0.25, 0.3) is 0 Å². The Kier molecular flexibility index (Phi) is 5.84. The van der Waals surface area contributed by atoms with Gasteiger partial charge in [-0.1, -0.05) is 33.6 Å². The minimum atomic E-state index is 0.0725. The normalized spacial score (nSPS) is 25.1. The molecule has 1 aliphatic heterocycles. The van der Waals surface area contributed by atoms with E-state index in [1.165, 1.54) is 0 Å². The fourth-order valence-electron chi connectivity index (χ4n) is 2.72. The largest absolute Gasteiger partial charge is 0.377 e. The highest BCUT2D eigenvalue weighted by Gasteiger charge is 2.37. The van der Waals surface area contributed by atoms with E-state index in [1.807, 2.05) is 18.2 Å². The highest BCUT2D eigenvalue weighted by molar-refractivity contribution is 9.10. The summed E-state index contributed by atoms with van der Waals surface area (Å²) in [5.41, 5.74) is 7.02. The summed E-state index contributed by atoms with van der Waals surface area (Å²) >= 11 is 9.77. The topological polar surface area (TPSA) is 47.7 Å². The van der Waals surface area contributed by atoms with Crippen molar-refractivity contribution in [1.82, 2.24) is 4.90 Å². The van der Waals surface area contributed by atoms with E-state index in [9.17, 15) is 0 Å². The number of hydrogen-bond donors (Lipinski definition) is 1. The van der Waals surface area contributed by atoms with Gasteiger partial charge in [0.05, 0.1) is 12.2 Å². The molecule has 6 heteroatoms. The number of methoxy groups -OCH3 is 2. The zero-order valence-corrected chi connectivity index (χ0v) is 14.0. The molecule has 0 aromatic heterocycles. The van der Waals surface area contributed by atoms with E-state index in [4.69, 9.17) is 26.8 Å². The van der Waals surface area contributed by atoms with Gasteiger partial charge in [0.15, 0.2) is 0 Å². The third-order valence-corrected chi connectivity index (χ3v) is 4.66. The molecule has 2 rings (SSSR count). The molecule has 3 unspecified atom stereocenters. The first kappa shape index (κ1) is 16.2. The molecule has 20 heavy (non-hydrogen) atoms. The van der Waals surface area contributed by atoms with Crippen LogP contribution in [0.4, 0.5) is 0 Å². The van der Waals surface area contributed by atoms with E-state index in [2.05, 4.69) is 20.8 Å². The molecular formula is C14H20BrClN2O2. The van der Waals surface area contributed by atoms with Crippen molar-refractivity contribution in [2.75, 3.05) is 33.9 Å². The lowest BCUT2D eigenvalue weighted by atomic mass is 10.1. The first-order valence-corrected chi connectivity index (χ1v) is 7.72. The molecular weight excluding hydrogens is 344 g/mol. The number of benzene rings is 1. The van der Waals surface area contributed by atoms with Gasteiger partial charge in [-0.3, -0.25) is 4.90 Å². The number of halogens is 2. The van der Waals surface area contributed by atoms with E-state index in [0.29, 0.717) is 6.54 Å². The van der Waals surface area contributed by atoms with Crippen molar-refractivity contribution in [2.45, 2.75) is 18.2 Å². The van der Waals surface area contributed by atoms with Crippen molar-refractivity contribution in [3.63, 3.8) is 0 Å².